The van der Waals surface area contributed by atoms with Gasteiger partial charge in [-0.15, -0.1) is 0 Å². The van der Waals surface area contributed by atoms with Crippen molar-refractivity contribution in [1.82, 2.24) is 5.32 Å². The van der Waals surface area contributed by atoms with Crippen molar-refractivity contribution in [3.05, 3.63) is 0 Å². The van der Waals surface area contributed by atoms with Gasteiger partial charge in [0.15, 0.2) is 0 Å². The lowest BCUT2D eigenvalue weighted by atomic mass is 9.79. The molecule has 2 fully saturated rings. The second-order valence-corrected chi connectivity index (χ2v) is 8.43. The summed E-state index contributed by atoms with van der Waals surface area (Å²) in [5.74, 6) is 1.72. The van der Waals surface area contributed by atoms with Crippen LogP contribution >= 0.6 is 0 Å². The molecule has 0 aromatic carbocycles. The smallest absolute Gasteiger partial charge is 0.0806 e. The minimum absolute atomic E-state index is 0.113. The van der Waals surface area contributed by atoms with Crippen LogP contribution in [0.1, 0.15) is 79.1 Å². The van der Waals surface area contributed by atoms with E-state index in [2.05, 4.69) is 33.0 Å². The number of hydrogen-bond acceptors (Lipinski definition) is 2. The number of rotatable bonds is 5. The Kier molecular flexibility index (Phi) is 5.53. The van der Waals surface area contributed by atoms with Gasteiger partial charge < -0.3 is 10.1 Å². The fraction of sp³-hybridized carbons (Fsp3) is 1.00. The zero-order valence-corrected chi connectivity index (χ0v) is 14.1. The van der Waals surface area contributed by atoms with Crippen LogP contribution in [0.2, 0.25) is 0 Å². The van der Waals surface area contributed by atoms with Crippen molar-refractivity contribution < 1.29 is 4.74 Å². The predicted octanol–water partition coefficient (Wildman–Crippen LogP) is 4.53. The van der Waals surface area contributed by atoms with Crippen LogP contribution in [0.3, 0.4) is 0 Å². The maximum absolute atomic E-state index is 6.54. The number of hydrogen-bond donors (Lipinski definition) is 1. The molecule has 0 radical (unpaired) electrons. The molecule has 2 aliphatic carbocycles. The molecule has 0 atom stereocenters. The predicted molar refractivity (Wildman–Crippen MR) is 86.0 cm³/mol. The van der Waals surface area contributed by atoms with Crippen LogP contribution in [0, 0.1) is 11.8 Å². The molecular formula is C18H35NO. The highest BCUT2D eigenvalue weighted by atomic mass is 16.5. The molecular weight excluding hydrogens is 246 g/mol. The lowest BCUT2D eigenvalue weighted by molar-refractivity contribution is -0.0895. The molecule has 0 bridgehead atoms. The van der Waals surface area contributed by atoms with Gasteiger partial charge in [-0.05, 0) is 71.1 Å². The highest BCUT2D eigenvalue weighted by Crippen LogP contribution is 2.36. The normalized spacial score (nSPS) is 32.7. The van der Waals surface area contributed by atoms with Crippen molar-refractivity contribution >= 4 is 0 Å². The maximum Gasteiger partial charge on any atom is 0.0806 e. The van der Waals surface area contributed by atoms with Crippen molar-refractivity contribution in [1.29, 1.82) is 0 Å². The number of ether oxygens (including phenoxy) is 1. The molecule has 20 heavy (non-hydrogen) atoms. The van der Waals surface area contributed by atoms with E-state index in [9.17, 15) is 0 Å². The topological polar surface area (TPSA) is 21.3 Å². The molecule has 0 spiro atoms. The first-order valence-corrected chi connectivity index (χ1v) is 8.78. The third-order valence-electron chi connectivity index (χ3n) is 5.23. The first-order chi connectivity index (χ1) is 9.39. The van der Waals surface area contributed by atoms with E-state index < -0.39 is 0 Å². The molecule has 0 amide bonds. The van der Waals surface area contributed by atoms with E-state index in [1.54, 1.807) is 0 Å². The van der Waals surface area contributed by atoms with E-state index in [1.165, 1.54) is 51.4 Å². The SMILES string of the molecule is CC1CCC(CNC(C)(C)C)(OCC2CCCC2)CC1. The van der Waals surface area contributed by atoms with Crippen LogP contribution in [0.5, 0.6) is 0 Å². The Bertz CT molecular complexity index is 280. The Hall–Kier alpha value is -0.0800. The summed E-state index contributed by atoms with van der Waals surface area (Å²) >= 11 is 0. The Morgan fingerprint density at radius 1 is 1.05 bits per heavy atom. The van der Waals surface area contributed by atoms with E-state index in [0.717, 1.165) is 25.0 Å². The largest absolute Gasteiger partial charge is 0.373 e. The Labute approximate surface area is 126 Å². The molecule has 2 aliphatic rings. The summed E-state index contributed by atoms with van der Waals surface area (Å²) in [7, 11) is 0. The Balaban J connectivity index is 1.88. The van der Waals surface area contributed by atoms with Crippen molar-refractivity contribution in [2.24, 2.45) is 11.8 Å². The minimum Gasteiger partial charge on any atom is -0.373 e. The monoisotopic (exact) mass is 281 g/mol. The molecule has 1 N–H and O–H groups in total. The summed E-state index contributed by atoms with van der Waals surface area (Å²) in [6.45, 7) is 11.2. The summed E-state index contributed by atoms with van der Waals surface area (Å²) in [5, 5.41) is 3.70. The third-order valence-corrected chi connectivity index (χ3v) is 5.23. The molecule has 118 valence electrons. The summed E-state index contributed by atoms with van der Waals surface area (Å²) < 4.78 is 6.54. The Morgan fingerprint density at radius 2 is 1.65 bits per heavy atom. The molecule has 0 heterocycles. The lowest BCUT2D eigenvalue weighted by Gasteiger charge is -2.42. The van der Waals surface area contributed by atoms with E-state index in [1.807, 2.05) is 0 Å². The van der Waals surface area contributed by atoms with Gasteiger partial charge in [-0.3, -0.25) is 0 Å². The molecule has 2 rings (SSSR count). The van der Waals surface area contributed by atoms with Gasteiger partial charge in [-0.1, -0.05) is 19.8 Å². The number of nitrogens with one attached hydrogen (secondary N) is 1. The second-order valence-electron chi connectivity index (χ2n) is 8.43. The average molecular weight is 281 g/mol. The second kappa shape index (κ2) is 6.79. The van der Waals surface area contributed by atoms with Gasteiger partial charge >= 0.3 is 0 Å². The Morgan fingerprint density at radius 3 is 2.20 bits per heavy atom. The van der Waals surface area contributed by atoms with E-state index in [4.69, 9.17) is 4.74 Å². The zero-order chi connectivity index (χ0) is 14.6. The van der Waals surface area contributed by atoms with Gasteiger partial charge in [0.25, 0.3) is 0 Å². The van der Waals surface area contributed by atoms with Crippen LogP contribution in [0.4, 0.5) is 0 Å². The highest BCUT2D eigenvalue weighted by Gasteiger charge is 2.36. The average Bonchev–Trinajstić information content (AvgIpc) is 2.89. The minimum atomic E-state index is 0.113. The van der Waals surface area contributed by atoms with Crippen LogP contribution in [-0.4, -0.2) is 24.3 Å². The van der Waals surface area contributed by atoms with Crippen LogP contribution in [0.25, 0.3) is 0 Å². The molecule has 2 heteroatoms. The van der Waals surface area contributed by atoms with Gasteiger partial charge in [-0.25, -0.2) is 0 Å². The van der Waals surface area contributed by atoms with Crippen molar-refractivity contribution in [3.8, 4) is 0 Å². The van der Waals surface area contributed by atoms with E-state index in [0.29, 0.717) is 0 Å². The lowest BCUT2D eigenvalue weighted by Crippen LogP contribution is -2.51. The molecule has 0 unspecified atom stereocenters. The van der Waals surface area contributed by atoms with Crippen molar-refractivity contribution in [2.75, 3.05) is 13.2 Å². The maximum atomic E-state index is 6.54. The first-order valence-electron chi connectivity index (χ1n) is 8.78. The highest BCUT2D eigenvalue weighted by molar-refractivity contribution is 4.91. The van der Waals surface area contributed by atoms with Gasteiger partial charge in [0, 0.05) is 12.1 Å². The summed E-state index contributed by atoms with van der Waals surface area (Å²) in [6, 6.07) is 0. The van der Waals surface area contributed by atoms with Gasteiger partial charge in [-0.2, -0.15) is 0 Å². The van der Waals surface area contributed by atoms with Gasteiger partial charge in [0.05, 0.1) is 12.2 Å². The molecule has 2 nitrogen and oxygen atoms in total. The zero-order valence-electron chi connectivity index (χ0n) is 14.1. The molecule has 0 aliphatic heterocycles. The summed E-state index contributed by atoms with van der Waals surface area (Å²) in [4.78, 5) is 0. The van der Waals surface area contributed by atoms with Crippen molar-refractivity contribution in [2.45, 2.75) is 90.2 Å². The van der Waals surface area contributed by atoms with Gasteiger partial charge in [0.2, 0.25) is 0 Å². The standard InChI is InChI=1S/C18H35NO/c1-15-9-11-18(12-10-15,14-19-17(2,3)4)20-13-16-7-5-6-8-16/h15-16,19H,5-14H2,1-4H3. The van der Waals surface area contributed by atoms with E-state index in [-0.39, 0.29) is 11.1 Å². The van der Waals surface area contributed by atoms with Gasteiger partial charge in [0.1, 0.15) is 0 Å². The molecule has 0 saturated heterocycles. The first kappa shape index (κ1) is 16.3. The fourth-order valence-electron chi connectivity index (χ4n) is 3.56. The quantitative estimate of drug-likeness (QED) is 0.799. The molecule has 0 aromatic rings. The summed E-state index contributed by atoms with van der Waals surface area (Å²) in [5.41, 5.74) is 0.301. The van der Waals surface area contributed by atoms with Crippen LogP contribution in [-0.2, 0) is 4.74 Å². The molecule has 0 aromatic heterocycles. The third kappa shape index (κ3) is 5.04. The van der Waals surface area contributed by atoms with Crippen LogP contribution in [0.15, 0.2) is 0 Å². The molecule has 2 saturated carbocycles. The summed E-state index contributed by atoms with van der Waals surface area (Å²) in [6.07, 6.45) is 10.7. The van der Waals surface area contributed by atoms with Crippen molar-refractivity contribution in [3.63, 3.8) is 0 Å². The van der Waals surface area contributed by atoms with E-state index >= 15 is 0 Å². The fourth-order valence-corrected chi connectivity index (χ4v) is 3.56. The van der Waals surface area contributed by atoms with Crippen LogP contribution < -0.4 is 5.32 Å².